The monoisotopic (exact) mass is 387 g/mol. The molecule has 1 atom stereocenters. The van der Waals surface area contributed by atoms with Gasteiger partial charge < -0.3 is 5.32 Å². The Kier molecular flexibility index (Phi) is 5.21. The average Bonchev–Trinajstić information content (AvgIpc) is 2.29. The van der Waals surface area contributed by atoms with Crippen molar-refractivity contribution < 1.29 is 18.0 Å². The van der Waals surface area contributed by atoms with Gasteiger partial charge in [-0.1, -0.05) is 22.9 Å². The topological polar surface area (TPSA) is 29.1 Å². The molecule has 1 N–H and O–H groups in total. The summed E-state index contributed by atoms with van der Waals surface area (Å²) in [6.45, 7) is 1.79. The van der Waals surface area contributed by atoms with E-state index in [2.05, 4.69) is 37.2 Å². The zero-order valence-electron chi connectivity index (χ0n) is 9.31. The molecule has 0 saturated heterocycles. The Labute approximate surface area is 119 Å². The van der Waals surface area contributed by atoms with Gasteiger partial charge in [-0.2, -0.15) is 13.2 Å². The van der Waals surface area contributed by atoms with Crippen molar-refractivity contribution in [2.45, 2.75) is 24.3 Å². The summed E-state index contributed by atoms with van der Waals surface area (Å²) in [5.74, 6) is -0.377. The molecule has 0 aromatic heterocycles. The molecule has 0 aliphatic carbocycles. The SMILES string of the molecule is CCC(Br)C(=O)Nc1cc(C(F)(F)F)ccc1Br. The Morgan fingerprint density at radius 1 is 1.44 bits per heavy atom. The summed E-state index contributed by atoms with van der Waals surface area (Å²) in [4.78, 5) is 11.2. The summed E-state index contributed by atoms with van der Waals surface area (Å²) < 4.78 is 38.0. The van der Waals surface area contributed by atoms with Gasteiger partial charge in [0.15, 0.2) is 0 Å². The van der Waals surface area contributed by atoms with E-state index in [1.165, 1.54) is 6.07 Å². The van der Waals surface area contributed by atoms with Crippen molar-refractivity contribution in [1.29, 1.82) is 0 Å². The number of nitrogens with one attached hydrogen (secondary N) is 1. The Bertz CT molecular complexity index is 448. The molecule has 0 saturated carbocycles. The highest BCUT2D eigenvalue weighted by Gasteiger charge is 2.31. The third kappa shape index (κ3) is 3.98. The van der Waals surface area contributed by atoms with Crippen molar-refractivity contribution in [3.8, 4) is 0 Å². The predicted molar refractivity (Wildman–Crippen MR) is 70.8 cm³/mol. The van der Waals surface area contributed by atoms with Crippen molar-refractivity contribution in [3.63, 3.8) is 0 Å². The van der Waals surface area contributed by atoms with Crippen LogP contribution in [0.15, 0.2) is 22.7 Å². The number of anilines is 1. The second-order valence-corrected chi connectivity index (χ2v) is 5.52. The minimum absolute atomic E-state index is 0.104. The lowest BCUT2D eigenvalue weighted by Gasteiger charge is -2.13. The second kappa shape index (κ2) is 6.06. The fourth-order valence-electron chi connectivity index (χ4n) is 1.19. The van der Waals surface area contributed by atoms with E-state index in [0.717, 1.165) is 12.1 Å². The standard InChI is InChI=1S/C11H10Br2F3NO/c1-2-7(12)10(18)17-9-5-6(11(14,15)16)3-4-8(9)13/h3-5,7H,2H2,1H3,(H,17,18). The maximum Gasteiger partial charge on any atom is 0.416 e. The highest BCUT2D eigenvalue weighted by atomic mass is 79.9. The molecule has 0 bridgehead atoms. The summed E-state index contributed by atoms with van der Waals surface area (Å²) in [6, 6.07) is 3.11. The number of carbonyl (C=O) groups is 1. The largest absolute Gasteiger partial charge is 0.416 e. The summed E-state index contributed by atoms with van der Waals surface area (Å²) in [5, 5.41) is 2.44. The molecule has 1 amide bonds. The first-order valence-electron chi connectivity index (χ1n) is 5.07. The predicted octanol–water partition coefficient (Wildman–Crippen LogP) is 4.58. The Morgan fingerprint density at radius 3 is 2.56 bits per heavy atom. The summed E-state index contributed by atoms with van der Waals surface area (Å²) in [6.07, 6.45) is -3.89. The van der Waals surface area contributed by atoms with Crippen LogP contribution >= 0.6 is 31.9 Å². The van der Waals surface area contributed by atoms with Crippen molar-refractivity contribution in [2.24, 2.45) is 0 Å². The maximum absolute atomic E-state index is 12.5. The lowest BCUT2D eigenvalue weighted by Crippen LogP contribution is -2.22. The van der Waals surface area contributed by atoms with Crippen molar-refractivity contribution in [1.82, 2.24) is 0 Å². The van der Waals surface area contributed by atoms with E-state index in [9.17, 15) is 18.0 Å². The number of alkyl halides is 4. The summed E-state index contributed by atoms with van der Waals surface area (Å²) in [5.41, 5.74) is -0.698. The van der Waals surface area contributed by atoms with Gasteiger partial charge in [0.25, 0.3) is 0 Å². The number of benzene rings is 1. The van der Waals surface area contributed by atoms with Crippen LogP contribution < -0.4 is 5.32 Å². The fourth-order valence-corrected chi connectivity index (χ4v) is 1.65. The van der Waals surface area contributed by atoms with Crippen LogP contribution in [0.1, 0.15) is 18.9 Å². The van der Waals surface area contributed by atoms with Gasteiger partial charge in [-0.15, -0.1) is 0 Å². The lowest BCUT2D eigenvalue weighted by molar-refractivity contribution is -0.137. The van der Waals surface area contributed by atoms with Crippen LogP contribution in [-0.2, 0) is 11.0 Å². The second-order valence-electron chi connectivity index (χ2n) is 3.56. The number of amides is 1. The van der Waals surface area contributed by atoms with Crippen LogP contribution in [0.3, 0.4) is 0 Å². The molecule has 0 aliphatic heterocycles. The van der Waals surface area contributed by atoms with Crippen LogP contribution in [0.25, 0.3) is 0 Å². The molecule has 0 spiro atoms. The molecule has 1 aromatic rings. The number of hydrogen-bond donors (Lipinski definition) is 1. The van der Waals surface area contributed by atoms with E-state index >= 15 is 0 Å². The molecular weight excluding hydrogens is 379 g/mol. The van der Waals surface area contributed by atoms with Crippen LogP contribution in [0.5, 0.6) is 0 Å². The van der Waals surface area contributed by atoms with Gasteiger partial charge in [-0.25, -0.2) is 0 Å². The first-order chi connectivity index (χ1) is 8.25. The smallest absolute Gasteiger partial charge is 0.324 e. The summed E-state index contributed by atoms with van der Waals surface area (Å²) in [7, 11) is 0. The highest BCUT2D eigenvalue weighted by molar-refractivity contribution is 9.10. The van der Waals surface area contributed by atoms with Gasteiger partial charge in [0, 0.05) is 4.47 Å². The third-order valence-electron chi connectivity index (χ3n) is 2.19. The molecule has 1 rings (SSSR count). The molecule has 0 fully saturated rings. The molecule has 1 unspecified atom stereocenters. The molecule has 0 heterocycles. The number of carbonyl (C=O) groups excluding carboxylic acids is 1. The zero-order chi connectivity index (χ0) is 13.9. The normalized spacial score (nSPS) is 13.2. The number of rotatable bonds is 3. The third-order valence-corrected chi connectivity index (χ3v) is 3.95. The minimum atomic E-state index is -4.43. The number of hydrogen-bond acceptors (Lipinski definition) is 1. The average molecular weight is 389 g/mol. The van der Waals surface area contributed by atoms with Crippen LogP contribution in [0, 0.1) is 0 Å². The van der Waals surface area contributed by atoms with Crippen molar-refractivity contribution in [3.05, 3.63) is 28.2 Å². The van der Waals surface area contributed by atoms with E-state index in [1.54, 1.807) is 6.92 Å². The van der Waals surface area contributed by atoms with Gasteiger partial charge in [-0.05, 0) is 40.5 Å². The molecule has 18 heavy (non-hydrogen) atoms. The molecule has 7 heteroatoms. The molecule has 1 aromatic carbocycles. The molecule has 100 valence electrons. The van der Waals surface area contributed by atoms with Gasteiger partial charge in [0.2, 0.25) is 5.91 Å². The first kappa shape index (κ1) is 15.5. The minimum Gasteiger partial charge on any atom is -0.324 e. The fraction of sp³-hybridized carbons (Fsp3) is 0.364. The number of halogens is 5. The van der Waals surface area contributed by atoms with Crippen LogP contribution in [-0.4, -0.2) is 10.7 Å². The quantitative estimate of drug-likeness (QED) is 0.754. The first-order valence-corrected chi connectivity index (χ1v) is 6.78. The van der Waals surface area contributed by atoms with Gasteiger partial charge in [0.1, 0.15) is 0 Å². The Morgan fingerprint density at radius 2 is 2.06 bits per heavy atom. The van der Waals surface area contributed by atoms with E-state index < -0.39 is 16.6 Å². The lowest BCUT2D eigenvalue weighted by atomic mass is 10.2. The molecule has 2 nitrogen and oxygen atoms in total. The Balaban J connectivity index is 2.99. The van der Waals surface area contributed by atoms with E-state index in [4.69, 9.17) is 0 Å². The van der Waals surface area contributed by atoms with E-state index in [-0.39, 0.29) is 11.6 Å². The van der Waals surface area contributed by atoms with Crippen LogP contribution in [0.2, 0.25) is 0 Å². The van der Waals surface area contributed by atoms with Gasteiger partial charge in [-0.3, -0.25) is 4.79 Å². The van der Waals surface area contributed by atoms with Crippen molar-refractivity contribution >= 4 is 43.5 Å². The zero-order valence-corrected chi connectivity index (χ0v) is 12.5. The highest BCUT2D eigenvalue weighted by Crippen LogP contribution is 2.34. The molecule has 0 radical (unpaired) electrons. The molecule has 0 aliphatic rings. The van der Waals surface area contributed by atoms with Gasteiger partial charge >= 0.3 is 6.18 Å². The van der Waals surface area contributed by atoms with Crippen molar-refractivity contribution in [2.75, 3.05) is 5.32 Å². The maximum atomic E-state index is 12.5. The summed E-state index contributed by atoms with van der Waals surface area (Å²) >= 11 is 6.23. The van der Waals surface area contributed by atoms with E-state index in [0.29, 0.717) is 10.9 Å². The van der Waals surface area contributed by atoms with Gasteiger partial charge in [0.05, 0.1) is 16.1 Å². The molecular formula is C11H10Br2F3NO. The van der Waals surface area contributed by atoms with E-state index in [1.807, 2.05) is 0 Å². The van der Waals surface area contributed by atoms with Crippen LogP contribution in [0.4, 0.5) is 18.9 Å². The Hall–Kier alpha value is -0.560.